The zero-order valence-corrected chi connectivity index (χ0v) is 14.4. The van der Waals surface area contributed by atoms with E-state index in [1.165, 1.54) is 0 Å². The summed E-state index contributed by atoms with van der Waals surface area (Å²) in [6, 6.07) is 3.68. The molecule has 22 heavy (non-hydrogen) atoms. The second-order valence-corrected chi connectivity index (χ2v) is 8.99. The number of aromatic nitrogens is 1. The standard InChI is InChI=1S/C15H22ClN3O2S/c1-18(22(20,21)13-4-5-13)11-12-6-9-19(10-7-12)15-14(16)3-2-8-17-15/h2-3,8,12-13H,4-7,9-11H2,1H3. The number of anilines is 1. The van der Waals surface area contributed by atoms with Crippen LogP contribution in [0.2, 0.25) is 5.02 Å². The van der Waals surface area contributed by atoms with E-state index < -0.39 is 10.0 Å². The number of hydrogen-bond acceptors (Lipinski definition) is 4. The lowest BCUT2D eigenvalue weighted by Gasteiger charge is -2.34. The van der Waals surface area contributed by atoms with Crippen LogP contribution in [-0.2, 0) is 10.0 Å². The Morgan fingerprint density at radius 3 is 2.59 bits per heavy atom. The fourth-order valence-electron chi connectivity index (χ4n) is 3.03. The summed E-state index contributed by atoms with van der Waals surface area (Å²) in [7, 11) is -1.33. The lowest BCUT2D eigenvalue weighted by Crippen LogP contribution is -2.40. The Balaban J connectivity index is 1.55. The van der Waals surface area contributed by atoms with Gasteiger partial charge in [0.15, 0.2) is 0 Å². The van der Waals surface area contributed by atoms with Gasteiger partial charge in [-0.25, -0.2) is 17.7 Å². The molecule has 2 aliphatic rings. The molecule has 1 aromatic heterocycles. The highest BCUT2D eigenvalue weighted by molar-refractivity contribution is 7.90. The summed E-state index contributed by atoms with van der Waals surface area (Å²) in [6.07, 6.45) is 5.34. The molecule has 1 aliphatic heterocycles. The molecule has 1 saturated carbocycles. The van der Waals surface area contributed by atoms with Crippen molar-refractivity contribution in [3.63, 3.8) is 0 Å². The monoisotopic (exact) mass is 343 g/mol. The quantitative estimate of drug-likeness (QED) is 0.823. The molecule has 0 N–H and O–H groups in total. The highest BCUT2D eigenvalue weighted by Gasteiger charge is 2.39. The van der Waals surface area contributed by atoms with Gasteiger partial charge in [-0.1, -0.05) is 11.6 Å². The molecule has 2 fully saturated rings. The van der Waals surface area contributed by atoms with Gasteiger partial charge in [-0.15, -0.1) is 0 Å². The molecule has 1 saturated heterocycles. The second-order valence-electron chi connectivity index (χ2n) is 6.26. The predicted octanol–water partition coefficient (Wildman–Crippen LogP) is 2.38. The van der Waals surface area contributed by atoms with Crippen molar-refractivity contribution >= 4 is 27.4 Å². The van der Waals surface area contributed by atoms with Crippen molar-refractivity contribution in [2.24, 2.45) is 5.92 Å². The first-order chi connectivity index (χ1) is 10.5. The summed E-state index contributed by atoms with van der Waals surface area (Å²) in [5.74, 6) is 1.25. The number of pyridine rings is 1. The average molecular weight is 344 g/mol. The van der Waals surface area contributed by atoms with E-state index in [2.05, 4.69) is 9.88 Å². The van der Waals surface area contributed by atoms with Crippen LogP contribution in [0.25, 0.3) is 0 Å². The van der Waals surface area contributed by atoms with Crippen molar-refractivity contribution in [3.8, 4) is 0 Å². The Morgan fingerprint density at radius 2 is 2.00 bits per heavy atom. The molecule has 0 atom stereocenters. The van der Waals surface area contributed by atoms with Crippen molar-refractivity contribution in [2.45, 2.75) is 30.9 Å². The maximum absolute atomic E-state index is 12.2. The maximum Gasteiger partial charge on any atom is 0.216 e. The number of nitrogens with zero attached hydrogens (tertiary/aromatic N) is 3. The molecule has 7 heteroatoms. The molecule has 3 rings (SSSR count). The fourth-order valence-corrected chi connectivity index (χ4v) is 4.93. The van der Waals surface area contributed by atoms with Gasteiger partial charge in [0.25, 0.3) is 0 Å². The van der Waals surface area contributed by atoms with Gasteiger partial charge >= 0.3 is 0 Å². The summed E-state index contributed by atoms with van der Waals surface area (Å²) in [5.41, 5.74) is 0. The second kappa shape index (κ2) is 6.34. The Labute approximate surface area is 137 Å². The summed E-state index contributed by atoms with van der Waals surface area (Å²) in [5, 5.41) is 0.555. The summed E-state index contributed by atoms with van der Waals surface area (Å²) >= 11 is 6.19. The third-order valence-corrected chi connectivity index (χ3v) is 7.18. The van der Waals surface area contributed by atoms with E-state index in [0.717, 1.165) is 44.6 Å². The van der Waals surface area contributed by atoms with Gasteiger partial charge in [0.05, 0.1) is 10.3 Å². The maximum atomic E-state index is 12.2. The largest absolute Gasteiger partial charge is 0.355 e. The zero-order chi connectivity index (χ0) is 15.7. The van der Waals surface area contributed by atoms with E-state index >= 15 is 0 Å². The summed E-state index contributed by atoms with van der Waals surface area (Å²) in [6.45, 7) is 2.38. The van der Waals surface area contributed by atoms with E-state index in [0.29, 0.717) is 17.5 Å². The molecule has 0 bridgehead atoms. The summed E-state index contributed by atoms with van der Waals surface area (Å²) < 4.78 is 25.9. The topological polar surface area (TPSA) is 53.5 Å². The molecule has 1 aliphatic carbocycles. The van der Waals surface area contributed by atoms with Gasteiger partial charge < -0.3 is 4.90 Å². The van der Waals surface area contributed by atoms with Gasteiger partial charge in [0.2, 0.25) is 10.0 Å². The van der Waals surface area contributed by atoms with Crippen LogP contribution in [0.1, 0.15) is 25.7 Å². The first-order valence-corrected chi connectivity index (χ1v) is 9.67. The van der Waals surface area contributed by atoms with Crippen molar-refractivity contribution in [3.05, 3.63) is 23.4 Å². The lowest BCUT2D eigenvalue weighted by atomic mass is 9.97. The van der Waals surface area contributed by atoms with E-state index in [1.807, 2.05) is 12.1 Å². The minimum Gasteiger partial charge on any atom is -0.355 e. The molecular formula is C15H22ClN3O2S. The van der Waals surface area contributed by atoms with Gasteiger partial charge in [-0.2, -0.15) is 0 Å². The minimum absolute atomic E-state index is 0.120. The normalized spacial score (nSPS) is 20.6. The molecule has 1 aromatic rings. The van der Waals surface area contributed by atoms with Crippen molar-refractivity contribution in [2.75, 3.05) is 31.6 Å². The molecule has 122 valence electrons. The molecule has 0 aromatic carbocycles. The molecule has 2 heterocycles. The Morgan fingerprint density at radius 1 is 1.32 bits per heavy atom. The zero-order valence-electron chi connectivity index (χ0n) is 12.8. The van der Waals surface area contributed by atoms with E-state index in [4.69, 9.17) is 11.6 Å². The first-order valence-electron chi connectivity index (χ1n) is 7.79. The van der Waals surface area contributed by atoms with Gasteiger partial charge in [0, 0.05) is 32.9 Å². The van der Waals surface area contributed by atoms with Crippen LogP contribution in [0.15, 0.2) is 18.3 Å². The minimum atomic E-state index is -3.05. The average Bonchev–Trinajstić information content (AvgIpc) is 3.34. The third-order valence-electron chi connectivity index (χ3n) is 4.55. The Bertz CT molecular complexity index is 625. The SMILES string of the molecule is CN(CC1CCN(c2ncccc2Cl)CC1)S(=O)(=O)C1CC1. The van der Waals surface area contributed by atoms with Crippen LogP contribution in [0.5, 0.6) is 0 Å². The van der Waals surface area contributed by atoms with Crippen molar-refractivity contribution in [1.82, 2.24) is 9.29 Å². The third kappa shape index (κ3) is 3.39. The van der Waals surface area contributed by atoms with E-state index in [1.54, 1.807) is 17.5 Å². The van der Waals surface area contributed by atoms with Gasteiger partial charge in [0.1, 0.15) is 5.82 Å². The number of halogens is 1. The van der Waals surface area contributed by atoms with Crippen molar-refractivity contribution < 1.29 is 8.42 Å². The van der Waals surface area contributed by atoms with Crippen LogP contribution in [0, 0.1) is 5.92 Å². The van der Waals surface area contributed by atoms with Gasteiger partial charge in [-0.3, -0.25) is 0 Å². The number of rotatable bonds is 5. The van der Waals surface area contributed by atoms with Gasteiger partial charge in [-0.05, 0) is 43.7 Å². The fraction of sp³-hybridized carbons (Fsp3) is 0.667. The molecule has 0 radical (unpaired) electrons. The molecular weight excluding hydrogens is 322 g/mol. The number of piperidine rings is 1. The molecule has 0 spiro atoms. The Kier molecular flexibility index (Phi) is 4.61. The van der Waals surface area contributed by atoms with Crippen LogP contribution in [0.4, 0.5) is 5.82 Å². The van der Waals surface area contributed by atoms with Crippen LogP contribution >= 0.6 is 11.6 Å². The van der Waals surface area contributed by atoms with Crippen LogP contribution < -0.4 is 4.90 Å². The van der Waals surface area contributed by atoms with E-state index in [9.17, 15) is 8.42 Å². The number of sulfonamides is 1. The molecule has 0 amide bonds. The highest BCUT2D eigenvalue weighted by atomic mass is 35.5. The van der Waals surface area contributed by atoms with Crippen LogP contribution in [0.3, 0.4) is 0 Å². The van der Waals surface area contributed by atoms with Crippen molar-refractivity contribution in [1.29, 1.82) is 0 Å². The lowest BCUT2D eigenvalue weighted by molar-refractivity contribution is 0.327. The van der Waals surface area contributed by atoms with Crippen LogP contribution in [-0.4, -0.2) is 49.6 Å². The summed E-state index contributed by atoms with van der Waals surface area (Å²) in [4.78, 5) is 6.54. The highest BCUT2D eigenvalue weighted by Crippen LogP contribution is 2.32. The Hall–Kier alpha value is -0.850. The first kappa shape index (κ1) is 16.0. The molecule has 5 nitrogen and oxygen atoms in total. The smallest absolute Gasteiger partial charge is 0.216 e. The number of hydrogen-bond donors (Lipinski definition) is 0. The molecule has 0 unspecified atom stereocenters. The van der Waals surface area contributed by atoms with E-state index in [-0.39, 0.29) is 5.25 Å². The predicted molar refractivity (Wildman–Crippen MR) is 88.8 cm³/mol.